The zero-order valence-electron chi connectivity index (χ0n) is 9.44. The minimum Gasteiger partial charge on any atom is -0.380 e. The molecule has 0 bridgehead atoms. The number of benzene rings is 1. The van der Waals surface area contributed by atoms with Crippen LogP contribution in [0.3, 0.4) is 0 Å². The standard InChI is InChI=1S/C13H18BrNO/c14-7-8-15(13-6-9-16-11-13)10-12-4-2-1-3-5-12/h1-5,13H,6-11H2. The van der Waals surface area contributed by atoms with Crippen molar-refractivity contribution in [3.05, 3.63) is 35.9 Å². The third-order valence-electron chi connectivity index (χ3n) is 3.02. The van der Waals surface area contributed by atoms with Gasteiger partial charge in [0.05, 0.1) is 6.61 Å². The van der Waals surface area contributed by atoms with Gasteiger partial charge in [0.25, 0.3) is 0 Å². The van der Waals surface area contributed by atoms with E-state index in [1.165, 1.54) is 12.0 Å². The van der Waals surface area contributed by atoms with Gasteiger partial charge < -0.3 is 4.74 Å². The van der Waals surface area contributed by atoms with Gasteiger partial charge in [-0.3, -0.25) is 4.90 Å². The van der Waals surface area contributed by atoms with E-state index in [9.17, 15) is 0 Å². The van der Waals surface area contributed by atoms with Crippen LogP contribution in [0.15, 0.2) is 30.3 Å². The van der Waals surface area contributed by atoms with Crippen LogP contribution in [-0.4, -0.2) is 36.0 Å². The van der Waals surface area contributed by atoms with Gasteiger partial charge in [-0.25, -0.2) is 0 Å². The third-order valence-corrected chi connectivity index (χ3v) is 3.38. The largest absolute Gasteiger partial charge is 0.380 e. The van der Waals surface area contributed by atoms with Crippen LogP contribution in [0, 0.1) is 0 Å². The Morgan fingerprint density at radius 1 is 1.31 bits per heavy atom. The van der Waals surface area contributed by atoms with Gasteiger partial charge >= 0.3 is 0 Å². The Labute approximate surface area is 106 Å². The van der Waals surface area contributed by atoms with E-state index >= 15 is 0 Å². The Bertz CT molecular complexity index is 298. The van der Waals surface area contributed by atoms with Crippen molar-refractivity contribution in [2.24, 2.45) is 0 Å². The minimum absolute atomic E-state index is 0.595. The Morgan fingerprint density at radius 2 is 2.12 bits per heavy atom. The first-order valence-electron chi connectivity index (χ1n) is 5.82. The van der Waals surface area contributed by atoms with E-state index in [1.54, 1.807) is 0 Å². The molecule has 1 unspecified atom stereocenters. The summed E-state index contributed by atoms with van der Waals surface area (Å²) in [5.74, 6) is 0. The zero-order chi connectivity index (χ0) is 11.2. The third kappa shape index (κ3) is 3.30. The van der Waals surface area contributed by atoms with Crippen molar-refractivity contribution in [2.45, 2.75) is 19.0 Å². The van der Waals surface area contributed by atoms with Crippen LogP contribution >= 0.6 is 15.9 Å². The Morgan fingerprint density at radius 3 is 2.75 bits per heavy atom. The van der Waals surface area contributed by atoms with Gasteiger partial charge in [0.1, 0.15) is 0 Å². The molecule has 16 heavy (non-hydrogen) atoms. The maximum Gasteiger partial charge on any atom is 0.0622 e. The highest BCUT2D eigenvalue weighted by Crippen LogP contribution is 2.16. The molecule has 0 aromatic heterocycles. The highest BCUT2D eigenvalue weighted by molar-refractivity contribution is 9.09. The summed E-state index contributed by atoms with van der Waals surface area (Å²) in [6, 6.07) is 11.3. The first kappa shape index (κ1) is 12.1. The second-order valence-electron chi connectivity index (χ2n) is 4.16. The fourth-order valence-electron chi connectivity index (χ4n) is 2.13. The molecule has 1 fully saturated rings. The van der Waals surface area contributed by atoms with Crippen molar-refractivity contribution in [1.82, 2.24) is 4.90 Å². The topological polar surface area (TPSA) is 12.5 Å². The maximum absolute atomic E-state index is 5.47. The molecule has 0 amide bonds. The lowest BCUT2D eigenvalue weighted by molar-refractivity contribution is 0.144. The number of alkyl halides is 1. The van der Waals surface area contributed by atoms with Crippen LogP contribution in [0.25, 0.3) is 0 Å². The van der Waals surface area contributed by atoms with Crippen molar-refractivity contribution in [3.8, 4) is 0 Å². The molecule has 2 nitrogen and oxygen atoms in total. The molecule has 0 radical (unpaired) electrons. The number of hydrogen-bond donors (Lipinski definition) is 0. The van der Waals surface area contributed by atoms with Gasteiger partial charge in [0.15, 0.2) is 0 Å². The van der Waals surface area contributed by atoms with E-state index in [4.69, 9.17) is 4.74 Å². The maximum atomic E-state index is 5.47. The quantitative estimate of drug-likeness (QED) is 0.771. The second-order valence-corrected chi connectivity index (χ2v) is 4.96. The van der Waals surface area contributed by atoms with Gasteiger partial charge in [0.2, 0.25) is 0 Å². The summed E-state index contributed by atoms with van der Waals surface area (Å²) >= 11 is 3.53. The van der Waals surface area contributed by atoms with Crippen molar-refractivity contribution in [2.75, 3.05) is 25.1 Å². The zero-order valence-corrected chi connectivity index (χ0v) is 11.0. The Balaban J connectivity index is 1.96. The molecular formula is C13H18BrNO. The van der Waals surface area contributed by atoms with Crippen LogP contribution < -0.4 is 0 Å². The van der Waals surface area contributed by atoms with Crippen molar-refractivity contribution < 1.29 is 4.74 Å². The van der Waals surface area contributed by atoms with Crippen LogP contribution in [-0.2, 0) is 11.3 Å². The predicted molar refractivity (Wildman–Crippen MR) is 69.9 cm³/mol. The first-order valence-corrected chi connectivity index (χ1v) is 6.94. The first-order chi connectivity index (χ1) is 7.90. The smallest absolute Gasteiger partial charge is 0.0622 e. The van der Waals surface area contributed by atoms with E-state index in [1.807, 2.05) is 0 Å². The lowest BCUT2D eigenvalue weighted by Crippen LogP contribution is -2.36. The van der Waals surface area contributed by atoms with Crippen LogP contribution in [0.5, 0.6) is 0 Å². The number of hydrogen-bond acceptors (Lipinski definition) is 2. The highest BCUT2D eigenvalue weighted by Gasteiger charge is 2.22. The van der Waals surface area contributed by atoms with E-state index in [0.717, 1.165) is 31.6 Å². The average Bonchev–Trinajstić information content (AvgIpc) is 2.83. The molecule has 1 aliphatic heterocycles. The van der Waals surface area contributed by atoms with Crippen molar-refractivity contribution >= 4 is 15.9 Å². The van der Waals surface area contributed by atoms with Crippen LogP contribution in [0.4, 0.5) is 0 Å². The van der Waals surface area contributed by atoms with E-state index in [0.29, 0.717) is 6.04 Å². The highest BCUT2D eigenvalue weighted by atomic mass is 79.9. The molecule has 2 rings (SSSR count). The number of nitrogens with zero attached hydrogens (tertiary/aromatic N) is 1. The SMILES string of the molecule is BrCCN(Cc1ccccc1)C1CCOC1. The normalized spacial score (nSPS) is 20.5. The molecule has 0 aliphatic carbocycles. The summed E-state index contributed by atoms with van der Waals surface area (Å²) in [7, 11) is 0. The van der Waals surface area contributed by atoms with E-state index in [2.05, 4.69) is 51.2 Å². The van der Waals surface area contributed by atoms with Crippen molar-refractivity contribution in [1.29, 1.82) is 0 Å². The van der Waals surface area contributed by atoms with Gasteiger partial charge in [-0.15, -0.1) is 0 Å². The van der Waals surface area contributed by atoms with E-state index in [-0.39, 0.29) is 0 Å². The average molecular weight is 284 g/mol. The van der Waals surface area contributed by atoms with E-state index < -0.39 is 0 Å². The summed E-state index contributed by atoms with van der Waals surface area (Å²) in [5, 5.41) is 1.02. The number of rotatable bonds is 5. The van der Waals surface area contributed by atoms with Gasteiger partial charge in [0, 0.05) is 31.1 Å². The predicted octanol–water partition coefficient (Wildman–Crippen LogP) is 2.67. The molecule has 1 heterocycles. The fraction of sp³-hybridized carbons (Fsp3) is 0.538. The van der Waals surface area contributed by atoms with Crippen LogP contribution in [0.2, 0.25) is 0 Å². The molecule has 1 aliphatic rings. The number of ether oxygens (including phenoxy) is 1. The Hall–Kier alpha value is -0.380. The van der Waals surface area contributed by atoms with Gasteiger partial charge in [-0.05, 0) is 12.0 Å². The molecule has 1 aromatic rings. The molecule has 0 spiro atoms. The summed E-state index contributed by atoms with van der Waals surface area (Å²) in [6.07, 6.45) is 1.17. The molecule has 88 valence electrons. The van der Waals surface area contributed by atoms with Gasteiger partial charge in [-0.1, -0.05) is 46.3 Å². The lowest BCUT2D eigenvalue weighted by atomic mass is 10.1. The molecular weight excluding hydrogens is 266 g/mol. The molecule has 1 aromatic carbocycles. The molecule has 1 saturated heterocycles. The molecule has 3 heteroatoms. The van der Waals surface area contributed by atoms with Crippen molar-refractivity contribution in [3.63, 3.8) is 0 Å². The molecule has 0 N–H and O–H groups in total. The Kier molecular flexibility index (Phi) is 4.82. The minimum atomic E-state index is 0.595. The summed E-state index contributed by atoms with van der Waals surface area (Å²) < 4.78 is 5.47. The second kappa shape index (κ2) is 6.38. The molecule has 1 atom stereocenters. The van der Waals surface area contributed by atoms with Gasteiger partial charge in [-0.2, -0.15) is 0 Å². The lowest BCUT2D eigenvalue weighted by Gasteiger charge is -2.27. The summed E-state index contributed by atoms with van der Waals surface area (Å²) in [5.41, 5.74) is 1.38. The fourth-order valence-corrected chi connectivity index (χ4v) is 2.58. The summed E-state index contributed by atoms with van der Waals surface area (Å²) in [6.45, 7) is 3.92. The number of halogens is 1. The molecule has 0 saturated carbocycles. The summed E-state index contributed by atoms with van der Waals surface area (Å²) in [4.78, 5) is 2.51. The monoisotopic (exact) mass is 283 g/mol. The van der Waals surface area contributed by atoms with Crippen LogP contribution in [0.1, 0.15) is 12.0 Å².